The molecule has 10 heteroatoms. The van der Waals surface area contributed by atoms with Crippen molar-refractivity contribution in [2.75, 3.05) is 14.1 Å². The zero-order chi connectivity index (χ0) is 28.4. The molecule has 2 saturated carbocycles. The zero-order valence-corrected chi connectivity index (χ0v) is 21.8. The molecule has 1 aromatic carbocycles. The van der Waals surface area contributed by atoms with E-state index in [4.69, 9.17) is 5.73 Å². The molecule has 7 N–H and O–H groups in total. The second-order valence-corrected chi connectivity index (χ2v) is 11.3. The number of primary amides is 1. The third kappa shape index (κ3) is 3.95. The van der Waals surface area contributed by atoms with Crippen LogP contribution in [0.3, 0.4) is 0 Å². The molecule has 4 aliphatic carbocycles. The lowest BCUT2D eigenvalue weighted by Crippen LogP contribution is -2.65. The molecule has 206 valence electrons. The van der Waals surface area contributed by atoms with Gasteiger partial charge in [-0.3, -0.25) is 19.3 Å². The van der Waals surface area contributed by atoms with Gasteiger partial charge in [0.25, 0.3) is 5.91 Å². The number of benzene rings is 1. The Morgan fingerprint density at radius 3 is 2.36 bits per heavy atom. The topological polar surface area (TPSA) is 182 Å². The molecule has 4 atom stereocenters. The van der Waals surface area contributed by atoms with Crippen molar-refractivity contribution in [1.29, 1.82) is 0 Å². The van der Waals surface area contributed by atoms with Gasteiger partial charge in [0.2, 0.25) is 5.78 Å². The first kappa shape index (κ1) is 26.9. The fraction of sp³-hybridized carbons (Fsp3) is 0.483. The number of carbonyl (C=O) groups excluding carboxylic acids is 3. The summed E-state index contributed by atoms with van der Waals surface area (Å²) in [7, 11) is 3.10. The van der Waals surface area contributed by atoms with Crippen LogP contribution in [-0.2, 0) is 20.8 Å². The summed E-state index contributed by atoms with van der Waals surface area (Å²) in [4.78, 5) is 40.6. The molecule has 2 fully saturated rings. The van der Waals surface area contributed by atoms with Crippen molar-refractivity contribution < 1.29 is 39.9 Å². The molecular formula is C29H32N2O8. The summed E-state index contributed by atoms with van der Waals surface area (Å²) < 4.78 is 0. The molecule has 0 bridgehead atoms. The minimum Gasteiger partial charge on any atom is -0.508 e. The standard InChI is InChI=1S/C29H32N2O8/c1-31(2)22-17-13-15-12-16-14(8-11-28(38)9-4-3-5-10-28)6-7-18(32)20(16)23(33)19(15)25(35)29(17,39)26(36)21(24(22)34)27(30)37/h6-7,15,17,22,32-33,36,38-39H,3-5,9-10,12-13H2,1-2H3,(H2,30,37)/t15-,17-,22-,29+/m1/s1. The number of rotatable bonds is 2. The molecule has 4 aliphatic rings. The number of nitrogens with zero attached hydrogens (tertiary/aromatic N) is 1. The van der Waals surface area contributed by atoms with Gasteiger partial charge in [0.15, 0.2) is 11.4 Å². The van der Waals surface area contributed by atoms with Crippen molar-refractivity contribution in [2.24, 2.45) is 17.6 Å². The fourth-order valence-electron chi connectivity index (χ4n) is 6.81. The Bertz CT molecular complexity index is 1420. The summed E-state index contributed by atoms with van der Waals surface area (Å²) in [5.74, 6) is -0.982. The monoisotopic (exact) mass is 536 g/mol. The summed E-state index contributed by atoms with van der Waals surface area (Å²) >= 11 is 0. The molecule has 0 saturated heterocycles. The number of hydrogen-bond acceptors (Lipinski definition) is 9. The van der Waals surface area contributed by atoms with E-state index >= 15 is 0 Å². The Kier molecular flexibility index (Phi) is 6.37. The molecule has 0 heterocycles. The van der Waals surface area contributed by atoms with Crippen molar-refractivity contribution in [3.63, 3.8) is 0 Å². The number of likely N-dealkylation sites (N-methyl/N-ethyl adjacent to an activating group) is 1. The number of aliphatic hydroxyl groups is 4. The van der Waals surface area contributed by atoms with Gasteiger partial charge >= 0.3 is 0 Å². The second-order valence-electron chi connectivity index (χ2n) is 11.3. The number of aliphatic hydroxyl groups excluding tert-OH is 2. The smallest absolute Gasteiger partial charge is 0.255 e. The van der Waals surface area contributed by atoms with E-state index in [0.29, 0.717) is 24.0 Å². The molecule has 0 unspecified atom stereocenters. The normalized spacial score (nSPS) is 29.8. The maximum atomic E-state index is 13.9. The molecule has 1 amide bonds. The number of carbonyl (C=O) groups is 3. The van der Waals surface area contributed by atoms with Crippen molar-refractivity contribution in [2.45, 2.75) is 62.2 Å². The average molecular weight is 537 g/mol. The van der Waals surface area contributed by atoms with Gasteiger partial charge in [0, 0.05) is 17.1 Å². The Labute approximate surface area is 225 Å². The average Bonchev–Trinajstić information content (AvgIpc) is 2.86. The maximum Gasteiger partial charge on any atom is 0.255 e. The molecule has 5 rings (SSSR count). The van der Waals surface area contributed by atoms with Crippen LogP contribution in [0, 0.1) is 23.7 Å². The molecule has 0 spiro atoms. The van der Waals surface area contributed by atoms with Crippen molar-refractivity contribution in [1.82, 2.24) is 4.90 Å². The predicted molar refractivity (Wildman–Crippen MR) is 139 cm³/mol. The highest BCUT2D eigenvalue weighted by molar-refractivity contribution is 6.24. The number of fused-ring (bicyclic) bond motifs is 3. The van der Waals surface area contributed by atoms with Crippen molar-refractivity contribution >= 4 is 23.2 Å². The summed E-state index contributed by atoms with van der Waals surface area (Å²) in [5.41, 5.74) is 1.41. The lowest BCUT2D eigenvalue weighted by Gasteiger charge is -2.50. The highest BCUT2D eigenvalue weighted by Crippen LogP contribution is 2.52. The maximum absolute atomic E-state index is 13.9. The van der Waals surface area contributed by atoms with Crippen LogP contribution in [0.1, 0.15) is 55.2 Å². The summed E-state index contributed by atoms with van der Waals surface area (Å²) in [6, 6.07) is 1.78. The minimum atomic E-state index is -2.68. The van der Waals surface area contributed by atoms with E-state index in [2.05, 4.69) is 11.8 Å². The van der Waals surface area contributed by atoms with E-state index < -0.39 is 63.6 Å². The first-order valence-electron chi connectivity index (χ1n) is 13.1. The first-order chi connectivity index (χ1) is 18.3. The van der Waals surface area contributed by atoms with E-state index in [1.165, 1.54) is 11.0 Å². The zero-order valence-electron chi connectivity index (χ0n) is 21.8. The van der Waals surface area contributed by atoms with Gasteiger partial charge in [0.05, 0.1) is 11.6 Å². The van der Waals surface area contributed by atoms with E-state index in [1.54, 1.807) is 20.2 Å². The van der Waals surface area contributed by atoms with Crippen LogP contribution in [0.25, 0.3) is 5.76 Å². The molecule has 10 nitrogen and oxygen atoms in total. The van der Waals surface area contributed by atoms with Gasteiger partial charge in [-0.15, -0.1) is 0 Å². The number of Topliss-reactive ketones (excluding diaryl/α,β-unsaturated/α-hetero) is 2. The van der Waals surface area contributed by atoms with Crippen molar-refractivity contribution in [3.8, 4) is 17.6 Å². The van der Waals surface area contributed by atoms with E-state index in [-0.39, 0.29) is 29.7 Å². The molecule has 0 radical (unpaired) electrons. The molecule has 0 aliphatic heterocycles. The number of nitrogens with two attached hydrogens (primary N) is 1. The summed E-state index contributed by atoms with van der Waals surface area (Å²) in [5, 5.41) is 55.4. The highest BCUT2D eigenvalue weighted by Gasteiger charge is 2.64. The van der Waals surface area contributed by atoms with E-state index in [9.17, 15) is 39.9 Å². The van der Waals surface area contributed by atoms with Crippen LogP contribution in [0.15, 0.2) is 29.0 Å². The molecule has 1 aromatic rings. The lowest BCUT2D eigenvalue weighted by atomic mass is 9.57. The van der Waals surface area contributed by atoms with E-state index in [1.807, 2.05) is 0 Å². The van der Waals surface area contributed by atoms with Crippen LogP contribution >= 0.6 is 0 Å². The number of hydrogen-bond donors (Lipinski definition) is 6. The van der Waals surface area contributed by atoms with Gasteiger partial charge < -0.3 is 31.3 Å². The molecule has 0 aromatic heterocycles. The van der Waals surface area contributed by atoms with Gasteiger partial charge in [-0.2, -0.15) is 0 Å². The highest BCUT2D eigenvalue weighted by atomic mass is 16.3. The predicted octanol–water partition coefficient (Wildman–Crippen LogP) is 1.01. The fourth-order valence-corrected chi connectivity index (χ4v) is 6.81. The molecule has 39 heavy (non-hydrogen) atoms. The van der Waals surface area contributed by atoms with Gasteiger partial charge in [-0.25, -0.2) is 0 Å². The van der Waals surface area contributed by atoms with Crippen LogP contribution in [-0.4, -0.2) is 79.2 Å². The van der Waals surface area contributed by atoms with Gasteiger partial charge in [0.1, 0.15) is 28.4 Å². The number of amides is 1. The number of aromatic hydroxyl groups is 1. The number of ketones is 2. The summed E-state index contributed by atoms with van der Waals surface area (Å²) in [6.07, 6.45) is 4.01. The van der Waals surface area contributed by atoms with E-state index in [0.717, 1.165) is 19.3 Å². The Morgan fingerprint density at radius 2 is 1.74 bits per heavy atom. The minimum absolute atomic E-state index is 0.00176. The number of phenols is 1. The second kappa shape index (κ2) is 9.23. The SMILES string of the molecule is CN(C)[C@H]1C(=O)C(C(N)=O)=C(O)[C@@]2(O)C(=O)C3=C(O)c4c(O)ccc(C#CC5(O)CCCCC5)c4C[C@@H]3C[C@H]12. The third-order valence-electron chi connectivity index (χ3n) is 8.71. The van der Waals surface area contributed by atoms with Crippen LogP contribution in [0.2, 0.25) is 0 Å². The number of phenolic OH excluding ortho intramolecular Hbond substituents is 1. The third-order valence-corrected chi connectivity index (χ3v) is 8.71. The summed E-state index contributed by atoms with van der Waals surface area (Å²) in [6.45, 7) is 0. The quantitative estimate of drug-likeness (QED) is 0.237. The Hall–Kier alpha value is -3.65. The van der Waals surface area contributed by atoms with Crippen LogP contribution in [0.4, 0.5) is 0 Å². The Morgan fingerprint density at radius 1 is 1.08 bits per heavy atom. The largest absolute Gasteiger partial charge is 0.508 e. The van der Waals surface area contributed by atoms with Gasteiger partial charge in [-0.1, -0.05) is 18.3 Å². The van der Waals surface area contributed by atoms with Crippen LogP contribution < -0.4 is 5.73 Å². The lowest BCUT2D eigenvalue weighted by molar-refractivity contribution is -0.153. The Balaban J connectivity index is 1.66. The first-order valence-corrected chi connectivity index (χ1v) is 13.1. The molecular weight excluding hydrogens is 504 g/mol. The van der Waals surface area contributed by atoms with Crippen molar-refractivity contribution in [3.05, 3.63) is 45.7 Å². The van der Waals surface area contributed by atoms with Gasteiger partial charge in [-0.05, 0) is 76.2 Å². The van der Waals surface area contributed by atoms with Crippen LogP contribution in [0.5, 0.6) is 5.75 Å².